The summed E-state index contributed by atoms with van der Waals surface area (Å²) < 4.78 is 12.7. The van der Waals surface area contributed by atoms with Crippen molar-refractivity contribution in [2.45, 2.75) is 51.0 Å². The highest BCUT2D eigenvalue weighted by Crippen LogP contribution is 2.46. The first-order chi connectivity index (χ1) is 13.1. The summed E-state index contributed by atoms with van der Waals surface area (Å²) in [6, 6.07) is 17.3. The summed E-state index contributed by atoms with van der Waals surface area (Å²) in [7, 11) is 0. The van der Waals surface area contributed by atoms with Crippen LogP contribution in [0, 0.1) is 5.41 Å². The predicted octanol–water partition coefficient (Wildman–Crippen LogP) is 4.20. The smallest absolute Gasteiger partial charge is 0.199 e. The van der Waals surface area contributed by atoms with Gasteiger partial charge < -0.3 is 9.47 Å². The zero-order valence-electron chi connectivity index (χ0n) is 15.6. The number of benzene rings is 2. The van der Waals surface area contributed by atoms with Crippen LogP contribution in [0.1, 0.15) is 48.2 Å². The molecule has 4 atom stereocenters. The molecule has 0 aromatic heterocycles. The van der Waals surface area contributed by atoms with Gasteiger partial charge in [0.1, 0.15) is 29.7 Å². The van der Waals surface area contributed by atoms with Crippen LogP contribution in [-0.2, 0) is 22.3 Å². The van der Waals surface area contributed by atoms with E-state index >= 15 is 0 Å². The Kier molecular flexibility index (Phi) is 2.98. The number of nitrogens with zero attached hydrogens (tertiary/aromatic N) is 2. The van der Waals surface area contributed by atoms with Gasteiger partial charge in [0, 0.05) is 12.8 Å². The minimum Gasteiger partial charge on any atom is -0.474 e. The molecule has 6 rings (SSSR count). The molecule has 0 amide bonds. The second-order valence-corrected chi connectivity index (χ2v) is 8.50. The van der Waals surface area contributed by atoms with Crippen molar-refractivity contribution in [1.82, 2.24) is 0 Å². The van der Waals surface area contributed by atoms with Gasteiger partial charge in [-0.05, 0) is 36.1 Å². The molecule has 2 aromatic carbocycles. The van der Waals surface area contributed by atoms with E-state index in [0.29, 0.717) is 0 Å². The monoisotopic (exact) mass is 358 g/mol. The van der Waals surface area contributed by atoms with Crippen molar-refractivity contribution >= 4 is 11.8 Å². The molecule has 0 radical (unpaired) electrons. The molecule has 0 saturated carbocycles. The fraction of sp³-hybridized carbons (Fsp3) is 0.391. The van der Waals surface area contributed by atoms with Crippen LogP contribution >= 0.6 is 0 Å². The second kappa shape index (κ2) is 5.22. The lowest BCUT2D eigenvalue weighted by Crippen LogP contribution is -2.36. The summed E-state index contributed by atoms with van der Waals surface area (Å²) in [6.07, 6.45) is 2.07. The van der Waals surface area contributed by atoms with Gasteiger partial charge in [-0.2, -0.15) is 0 Å². The average Bonchev–Trinajstić information content (AvgIpc) is 3.39. The van der Waals surface area contributed by atoms with Gasteiger partial charge in [0.05, 0.1) is 0 Å². The first-order valence-electron chi connectivity index (χ1n) is 9.77. The van der Waals surface area contributed by atoms with Crippen LogP contribution in [-0.4, -0.2) is 24.0 Å². The first kappa shape index (κ1) is 15.4. The van der Waals surface area contributed by atoms with Gasteiger partial charge in [-0.1, -0.05) is 48.5 Å². The zero-order valence-corrected chi connectivity index (χ0v) is 15.6. The maximum Gasteiger partial charge on any atom is 0.199 e. The summed E-state index contributed by atoms with van der Waals surface area (Å²) in [4.78, 5) is 9.96. The number of rotatable bonds is 2. The molecular formula is C23H22N2O2. The van der Waals surface area contributed by atoms with Crippen molar-refractivity contribution in [3.05, 3.63) is 70.8 Å². The minimum atomic E-state index is -0.446. The molecule has 27 heavy (non-hydrogen) atoms. The van der Waals surface area contributed by atoms with E-state index in [9.17, 15) is 0 Å². The summed E-state index contributed by atoms with van der Waals surface area (Å²) in [5.41, 5.74) is 4.86. The molecule has 0 fully saturated rings. The summed E-state index contributed by atoms with van der Waals surface area (Å²) in [5.74, 6) is 1.53. The van der Waals surface area contributed by atoms with Crippen LogP contribution in [0.15, 0.2) is 58.5 Å². The molecule has 4 aliphatic rings. The second-order valence-electron chi connectivity index (χ2n) is 8.50. The van der Waals surface area contributed by atoms with E-state index in [0.717, 1.165) is 24.6 Å². The molecule has 0 bridgehead atoms. The summed E-state index contributed by atoms with van der Waals surface area (Å²) in [5, 5.41) is 0. The lowest BCUT2D eigenvalue weighted by Gasteiger charge is -2.25. The number of aliphatic imine (C=N–C) groups is 2. The van der Waals surface area contributed by atoms with Crippen molar-refractivity contribution in [2.24, 2.45) is 15.4 Å². The molecule has 0 saturated heterocycles. The Hall–Kier alpha value is -2.62. The molecule has 0 spiro atoms. The van der Waals surface area contributed by atoms with Crippen LogP contribution in [0.3, 0.4) is 0 Å². The Balaban J connectivity index is 1.32. The van der Waals surface area contributed by atoms with Gasteiger partial charge in [0.15, 0.2) is 11.8 Å². The van der Waals surface area contributed by atoms with Crippen LogP contribution < -0.4 is 0 Å². The Bertz CT molecular complexity index is 927. The highest BCUT2D eigenvalue weighted by molar-refractivity contribution is 6.05. The minimum absolute atomic E-state index is 0.109. The molecule has 4 nitrogen and oxygen atoms in total. The first-order valence-corrected chi connectivity index (χ1v) is 9.77. The molecule has 4 heteroatoms. The van der Waals surface area contributed by atoms with E-state index in [2.05, 4.69) is 62.4 Å². The summed E-state index contributed by atoms with van der Waals surface area (Å²) >= 11 is 0. The van der Waals surface area contributed by atoms with Gasteiger partial charge in [0.2, 0.25) is 0 Å². The molecule has 2 aliphatic heterocycles. The Morgan fingerprint density at radius 2 is 1.19 bits per heavy atom. The number of ether oxygens (including phenoxy) is 2. The third-order valence-corrected chi connectivity index (χ3v) is 6.40. The lowest BCUT2D eigenvalue weighted by molar-refractivity contribution is 0.170. The van der Waals surface area contributed by atoms with Crippen LogP contribution in [0.25, 0.3) is 0 Å². The molecule has 2 aliphatic carbocycles. The van der Waals surface area contributed by atoms with Gasteiger partial charge in [-0.15, -0.1) is 0 Å². The van der Waals surface area contributed by atoms with Crippen LogP contribution in [0.2, 0.25) is 0 Å². The molecule has 0 N–H and O–H groups in total. The number of fused-ring (bicyclic) bond motifs is 6. The highest BCUT2D eigenvalue weighted by atomic mass is 16.5. The quantitative estimate of drug-likeness (QED) is 0.807. The lowest BCUT2D eigenvalue weighted by atomic mass is 9.92. The van der Waals surface area contributed by atoms with Crippen molar-refractivity contribution < 1.29 is 9.47 Å². The number of hydrogen-bond acceptors (Lipinski definition) is 4. The number of hydrogen-bond donors (Lipinski definition) is 0. The Morgan fingerprint density at radius 1 is 0.741 bits per heavy atom. The largest absolute Gasteiger partial charge is 0.474 e. The molecule has 136 valence electrons. The molecule has 2 unspecified atom stereocenters. The maximum atomic E-state index is 6.33. The normalized spacial score (nSPS) is 29.9. The van der Waals surface area contributed by atoms with Gasteiger partial charge in [-0.3, -0.25) is 0 Å². The van der Waals surface area contributed by atoms with Crippen molar-refractivity contribution in [3.63, 3.8) is 0 Å². The average molecular weight is 358 g/mol. The zero-order chi connectivity index (χ0) is 18.2. The molecule has 2 aromatic rings. The predicted molar refractivity (Wildman–Crippen MR) is 104 cm³/mol. The van der Waals surface area contributed by atoms with E-state index in [-0.39, 0.29) is 24.3 Å². The van der Waals surface area contributed by atoms with E-state index in [4.69, 9.17) is 19.5 Å². The molecular weight excluding hydrogens is 336 g/mol. The third-order valence-electron chi connectivity index (χ3n) is 6.40. The van der Waals surface area contributed by atoms with Crippen molar-refractivity contribution in [1.29, 1.82) is 0 Å². The van der Waals surface area contributed by atoms with Crippen molar-refractivity contribution in [3.8, 4) is 0 Å². The van der Waals surface area contributed by atoms with Gasteiger partial charge >= 0.3 is 0 Å². The Labute approximate surface area is 158 Å². The SMILES string of the molecule is CC(C)(C1=NC2c3ccccc3C[C@@H]2O1)C1=NC2c3ccccc3C[C@@H]2O1. The topological polar surface area (TPSA) is 43.2 Å². The Morgan fingerprint density at radius 3 is 1.67 bits per heavy atom. The molecule has 2 heterocycles. The standard InChI is InChI=1S/C23H22N2O2/c1-23(2,21-24-19-15-9-5-3-7-13(15)11-17(19)26-21)22-25-20-16-10-6-4-8-14(16)12-18(20)27-22/h3-10,17-20H,11-12H2,1-2H3/t17-,18-,19?,20?/m0/s1. The highest BCUT2D eigenvalue weighted by Gasteiger charge is 2.50. The third kappa shape index (κ3) is 2.10. The maximum absolute atomic E-state index is 6.33. The van der Waals surface area contributed by atoms with Crippen LogP contribution in [0.5, 0.6) is 0 Å². The fourth-order valence-corrected chi connectivity index (χ4v) is 4.90. The summed E-state index contributed by atoms with van der Waals surface area (Å²) in [6.45, 7) is 4.23. The van der Waals surface area contributed by atoms with Crippen molar-refractivity contribution in [2.75, 3.05) is 0 Å². The van der Waals surface area contributed by atoms with E-state index in [1.54, 1.807) is 0 Å². The van der Waals surface area contributed by atoms with E-state index < -0.39 is 5.41 Å². The van der Waals surface area contributed by atoms with Crippen LogP contribution in [0.4, 0.5) is 0 Å². The van der Waals surface area contributed by atoms with E-state index in [1.807, 2.05) is 0 Å². The van der Waals surface area contributed by atoms with E-state index in [1.165, 1.54) is 22.3 Å². The van der Waals surface area contributed by atoms with Gasteiger partial charge in [0.25, 0.3) is 0 Å². The van der Waals surface area contributed by atoms with Gasteiger partial charge in [-0.25, -0.2) is 9.98 Å². The fourth-order valence-electron chi connectivity index (χ4n) is 4.90.